The number of amides is 1. The molecule has 10 nitrogen and oxygen atoms in total. The number of carbonyl (C=O) groups excluding carboxylic acids is 1. The minimum atomic E-state index is -0.462. The van der Waals surface area contributed by atoms with Crippen LogP contribution in [0.1, 0.15) is 28.9 Å². The number of hydrogen-bond donors (Lipinski definition) is 2. The summed E-state index contributed by atoms with van der Waals surface area (Å²) in [5.41, 5.74) is 1.37. The van der Waals surface area contributed by atoms with Crippen molar-refractivity contribution < 1.29 is 13.9 Å². The van der Waals surface area contributed by atoms with Crippen molar-refractivity contribution in [2.45, 2.75) is 20.3 Å². The van der Waals surface area contributed by atoms with E-state index in [1.807, 2.05) is 30.9 Å². The Kier molecular flexibility index (Phi) is 6.28. The summed E-state index contributed by atoms with van der Waals surface area (Å²) in [6.45, 7) is 6.48. The van der Waals surface area contributed by atoms with E-state index >= 15 is 0 Å². The molecule has 0 atom stereocenters. The molecular weight excluding hydrogens is 422 g/mol. The summed E-state index contributed by atoms with van der Waals surface area (Å²) in [5, 5.41) is 6.11. The van der Waals surface area contributed by atoms with Crippen molar-refractivity contribution in [3.63, 3.8) is 0 Å². The summed E-state index contributed by atoms with van der Waals surface area (Å²) >= 11 is 6.17. The van der Waals surface area contributed by atoms with Gasteiger partial charge in [-0.2, -0.15) is 15.0 Å². The Hall–Kier alpha value is -3.24. The fourth-order valence-corrected chi connectivity index (χ4v) is 3.29. The standard InChI is InChI=1S/C20H22ClN7O3/c1-3-15-23-18(26-19(24-15)28-7-9-30-10-8-28)27-20-22-11-14(31-20)17(29)25-16-12(2)5-4-6-13(16)21/h4-6,11H,3,7-10H2,1-2H3,(H,25,29)(H,22,23,24,26,27). The molecule has 1 amide bonds. The Morgan fingerprint density at radius 1 is 1.23 bits per heavy atom. The van der Waals surface area contributed by atoms with Crippen LogP contribution in [0, 0.1) is 6.92 Å². The molecule has 0 saturated carbocycles. The van der Waals surface area contributed by atoms with E-state index in [1.165, 1.54) is 6.20 Å². The number of aromatic nitrogens is 4. The summed E-state index contributed by atoms with van der Waals surface area (Å²) in [7, 11) is 0. The van der Waals surface area contributed by atoms with Gasteiger partial charge in [0.25, 0.3) is 5.91 Å². The summed E-state index contributed by atoms with van der Waals surface area (Å²) in [5.74, 6) is 1.06. The quantitative estimate of drug-likeness (QED) is 0.591. The van der Waals surface area contributed by atoms with Gasteiger partial charge in [-0.15, -0.1) is 0 Å². The third-order valence-corrected chi connectivity index (χ3v) is 5.00. The Balaban J connectivity index is 1.50. The van der Waals surface area contributed by atoms with Crippen molar-refractivity contribution in [3.05, 3.63) is 46.6 Å². The number of para-hydroxylation sites is 1. The van der Waals surface area contributed by atoms with E-state index in [9.17, 15) is 4.79 Å². The third kappa shape index (κ3) is 4.92. The van der Waals surface area contributed by atoms with Crippen LogP contribution in [0.3, 0.4) is 0 Å². The number of benzene rings is 1. The van der Waals surface area contributed by atoms with Crippen molar-refractivity contribution in [3.8, 4) is 0 Å². The van der Waals surface area contributed by atoms with Gasteiger partial charge in [-0.1, -0.05) is 30.7 Å². The number of halogens is 1. The SMILES string of the molecule is CCc1nc(Nc2ncc(C(=O)Nc3c(C)cccc3Cl)o2)nc(N2CCOCC2)n1. The lowest BCUT2D eigenvalue weighted by atomic mass is 10.2. The smallest absolute Gasteiger partial charge is 0.302 e. The fourth-order valence-electron chi connectivity index (χ4n) is 3.02. The monoisotopic (exact) mass is 443 g/mol. The van der Waals surface area contributed by atoms with Gasteiger partial charge in [0, 0.05) is 19.5 Å². The Morgan fingerprint density at radius 3 is 2.77 bits per heavy atom. The highest BCUT2D eigenvalue weighted by atomic mass is 35.5. The summed E-state index contributed by atoms with van der Waals surface area (Å²) in [6.07, 6.45) is 1.97. The van der Waals surface area contributed by atoms with Crippen LogP contribution in [0.4, 0.5) is 23.6 Å². The molecule has 11 heteroatoms. The van der Waals surface area contributed by atoms with Gasteiger partial charge in [0.05, 0.1) is 30.1 Å². The van der Waals surface area contributed by atoms with Crippen LogP contribution < -0.4 is 15.5 Å². The number of morpholine rings is 1. The number of hydrogen-bond acceptors (Lipinski definition) is 9. The lowest BCUT2D eigenvalue weighted by Crippen LogP contribution is -2.37. The number of aryl methyl sites for hydroxylation is 2. The second kappa shape index (κ2) is 9.27. The molecule has 1 fully saturated rings. The second-order valence-corrected chi connectivity index (χ2v) is 7.28. The van der Waals surface area contributed by atoms with Gasteiger partial charge < -0.3 is 19.4 Å². The minimum Gasteiger partial charge on any atom is -0.418 e. The second-order valence-electron chi connectivity index (χ2n) is 6.87. The Labute approximate surface area is 184 Å². The predicted octanol–water partition coefficient (Wildman–Crippen LogP) is 3.22. The van der Waals surface area contributed by atoms with Gasteiger partial charge in [-0.25, -0.2) is 4.98 Å². The molecule has 0 aliphatic carbocycles. The van der Waals surface area contributed by atoms with Crippen LogP contribution in [0.5, 0.6) is 0 Å². The van der Waals surface area contributed by atoms with Crippen LogP contribution in [0.2, 0.25) is 5.02 Å². The van der Waals surface area contributed by atoms with Gasteiger partial charge in [0.15, 0.2) is 0 Å². The van der Waals surface area contributed by atoms with Crippen LogP contribution in [-0.2, 0) is 11.2 Å². The maximum atomic E-state index is 12.6. The average molecular weight is 444 g/mol. The van der Waals surface area contributed by atoms with Gasteiger partial charge in [-0.3, -0.25) is 10.1 Å². The van der Waals surface area contributed by atoms with E-state index in [0.29, 0.717) is 61.2 Å². The molecule has 162 valence electrons. The van der Waals surface area contributed by atoms with Crippen molar-refractivity contribution in [2.75, 3.05) is 41.8 Å². The Morgan fingerprint density at radius 2 is 2.03 bits per heavy atom. The van der Waals surface area contributed by atoms with E-state index in [4.69, 9.17) is 20.8 Å². The molecule has 0 bridgehead atoms. The first-order chi connectivity index (χ1) is 15.0. The summed E-state index contributed by atoms with van der Waals surface area (Å²) in [4.78, 5) is 32.0. The fraction of sp³-hybridized carbons (Fsp3) is 0.350. The first kappa shape index (κ1) is 21.0. The normalized spacial score (nSPS) is 13.8. The third-order valence-electron chi connectivity index (χ3n) is 4.69. The molecule has 2 N–H and O–H groups in total. The summed E-state index contributed by atoms with van der Waals surface area (Å²) < 4.78 is 10.9. The number of carbonyl (C=O) groups is 1. The molecule has 0 radical (unpaired) electrons. The highest BCUT2D eigenvalue weighted by Gasteiger charge is 2.19. The number of anilines is 4. The first-order valence-corrected chi connectivity index (χ1v) is 10.3. The molecule has 1 aliphatic rings. The van der Waals surface area contributed by atoms with Crippen LogP contribution in [-0.4, -0.2) is 52.1 Å². The largest absolute Gasteiger partial charge is 0.418 e. The van der Waals surface area contributed by atoms with E-state index in [0.717, 1.165) is 5.56 Å². The topological polar surface area (TPSA) is 118 Å². The van der Waals surface area contributed by atoms with Crippen molar-refractivity contribution in [1.82, 2.24) is 19.9 Å². The maximum Gasteiger partial charge on any atom is 0.302 e. The molecule has 1 aromatic carbocycles. The molecule has 1 saturated heterocycles. The zero-order valence-electron chi connectivity index (χ0n) is 17.2. The van der Waals surface area contributed by atoms with E-state index in [1.54, 1.807) is 6.07 Å². The lowest BCUT2D eigenvalue weighted by Gasteiger charge is -2.27. The zero-order valence-corrected chi connectivity index (χ0v) is 17.9. The number of nitrogens with zero attached hydrogens (tertiary/aromatic N) is 5. The van der Waals surface area contributed by atoms with Crippen molar-refractivity contribution in [1.29, 1.82) is 0 Å². The molecule has 3 heterocycles. The van der Waals surface area contributed by atoms with Gasteiger partial charge in [0.1, 0.15) is 5.82 Å². The maximum absolute atomic E-state index is 12.6. The van der Waals surface area contributed by atoms with Gasteiger partial charge in [0.2, 0.25) is 17.7 Å². The molecule has 2 aromatic heterocycles. The zero-order chi connectivity index (χ0) is 21.8. The number of nitrogens with one attached hydrogen (secondary N) is 2. The number of oxazole rings is 1. The lowest BCUT2D eigenvalue weighted by molar-refractivity contribution is 0.0997. The number of rotatable bonds is 6. The molecule has 3 aromatic rings. The average Bonchev–Trinajstić information content (AvgIpc) is 3.25. The van der Waals surface area contributed by atoms with Crippen LogP contribution >= 0.6 is 11.6 Å². The van der Waals surface area contributed by atoms with Crippen molar-refractivity contribution >= 4 is 41.1 Å². The Bertz CT molecular complexity index is 1060. The molecule has 4 rings (SSSR count). The van der Waals surface area contributed by atoms with Crippen LogP contribution in [0.25, 0.3) is 0 Å². The van der Waals surface area contributed by atoms with E-state index < -0.39 is 5.91 Å². The van der Waals surface area contributed by atoms with E-state index in [2.05, 4.69) is 30.6 Å². The molecule has 0 spiro atoms. The predicted molar refractivity (Wildman–Crippen MR) is 116 cm³/mol. The highest BCUT2D eigenvalue weighted by molar-refractivity contribution is 6.34. The van der Waals surface area contributed by atoms with Gasteiger partial charge in [-0.05, 0) is 18.6 Å². The van der Waals surface area contributed by atoms with Gasteiger partial charge >= 0.3 is 6.01 Å². The first-order valence-electron chi connectivity index (χ1n) is 9.90. The molecular formula is C20H22ClN7O3. The van der Waals surface area contributed by atoms with Crippen LogP contribution in [0.15, 0.2) is 28.8 Å². The summed E-state index contributed by atoms with van der Waals surface area (Å²) in [6, 6.07) is 5.47. The number of ether oxygens (including phenoxy) is 1. The van der Waals surface area contributed by atoms with Crippen molar-refractivity contribution in [2.24, 2.45) is 0 Å². The van der Waals surface area contributed by atoms with E-state index in [-0.39, 0.29) is 11.8 Å². The molecule has 1 aliphatic heterocycles. The minimum absolute atomic E-state index is 0.0278. The highest BCUT2D eigenvalue weighted by Crippen LogP contribution is 2.26. The molecule has 0 unspecified atom stereocenters. The molecule has 31 heavy (non-hydrogen) atoms.